The van der Waals surface area contributed by atoms with Crippen LogP contribution in [0.1, 0.15) is 11.1 Å². The van der Waals surface area contributed by atoms with Crippen LogP contribution in [0.5, 0.6) is 0 Å². The Morgan fingerprint density at radius 3 is 2.67 bits per heavy atom. The molecule has 0 aliphatic carbocycles. The monoisotopic (exact) mass is 350 g/mol. The smallest absolute Gasteiger partial charge is 0.305 e. The standard InChI is InChI=1S/C16H13F3N4S/c1-23-14(12-5-3-7-20-9-12)21-22-15(23)24-10-11-4-2-6-13(8-11)16(17,18)19/h2-9H,10H2,1H3. The number of halogens is 3. The van der Waals surface area contributed by atoms with Crippen LogP contribution >= 0.6 is 11.8 Å². The Morgan fingerprint density at radius 1 is 1.12 bits per heavy atom. The first-order chi connectivity index (χ1) is 11.4. The number of thioether (sulfide) groups is 1. The zero-order valence-electron chi connectivity index (χ0n) is 12.7. The zero-order chi connectivity index (χ0) is 17.2. The molecule has 0 unspecified atom stereocenters. The highest BCUT2D eigenvalue weighted by molar-refractivity contribution is 7.98. The van der Waals surface area contributed by atoms with E-state index in [2.05, 4.69) is 15.2 Å². The van der Waals surface area contributed by atoms with Gasteiger partial charge in [0.2, 0.25) is 0 Å². The predicted octanol–water partition coefficient (Wildman–Crippen LogP) is 4.19. The molecule has 24 heavy (non-hydrogen) atoms. The number of aromatic nitrogens is 4. The molecule has 0 atom stereocenters. The molecule has 0 bridgehead atoms. The summed E-state index contributed by atoms with van der Waals surface area (Å²) in [6.07, 6.45) is -0.979. The topological polar surface area (TPSA) is 43.6 Å². The first kappa shape index (κ1) is 16.5. The van der Waals surface area contributed by atoms with E-state index < -0.39 is 11.7 Å². The Kier molecular flexibility index (Phi) is 4.57. The van der Waals surface area contributed by atoms with E-state index in [1.807, 2.05) is 13.1 Å². The molecule has 0 radical (unpaired) electrons. The summed E-state index contributed by atoms with van der Waals surface area (Å²) >= 11 is 1.34. The van der Waals surface area contributed by atoms with E-state index in [0.717, 1.165) is 17.7 Å². The van der Waals surface area contributed by atoms with Gasteiger partial charge in [-0.25, -0.2) is 0 Å². The molecular formula is C16H13F3N4S. The minimum atomic E-state index is -4.33. The van der Waals surface area contributed by atoms with E-state index in [-0.39, 0.29) is 0 Å². The third-order valence-corrected chi connectivity index (χ3v) is 4.47. The van der Waals surface area contributed by atoms with Crippen molar-refractivity contribution in [2.24, 2.45) is 7.05 Å². The number of benzene rings is 1. The molecule has 0 spiro atoms. The Bertz CT molecular complexity index is 831. The number of hydrogen-bond donors (Lipinski definition) is 0. The van der Waals surface area contributed by atoms with Crippen molar-refractivity contribution in [1.29, 1.82) is 0 Å². The summed E-state index contributed by atoms with van der Waals surface area (Å²) in [5, 5.41) is 8.86. The van der Waals surface area contributed by atoms with Gasteiger partial charge in [-0.1, -0.05) is 30.0 Å². The van der Waals surface area contributed by atoms with Gasteiger partial charge in [0.1, 0.15) is 0 Å². The quantitative estimate of drug-likeness (QED) is 0.662. The highest BCUT2D eigenvalue weighted by Crippen LogP contribution is 2.31. The molecule has 2 heterocycles. The normalized spacial score (nSPS) is 11.7. The van der Waals surface area contributed by atoms with Crippen LogP contribution in [0.2, 0.25) is 0 Å². The van der Waals surface area contributed by atoms with Gasteiger partial charge in [-0.15, -0.1) is 10.2 Å². The van der Waals surface area contributed by atoms with Gasteiger partial charge in [0.15, 0.2) is 11.0 Å². The maximum atomic E-state index is 12.7. The fraction of sp³-hybridized carbons (Fsp3) is 0.188. The van der Waals surface area contributed by atoms with Crippen molar-refractivity contribution >= 4 is 11.8 Å². The SMILES string of the molecule is Cn1c(SCc2cccc(C(F)(F)F)c2)nnc1-c1cccnc1. The average Bonchev–Trinajstić information content (AvgIpc) is 2.94. The lowest BCUT2D eigenvalue weighted by Crippen LogP contribution is -2.05. The van der Waals surface area contributed by atoms with Gasteiger partial charge in [0, 0.05) is 30.8 Å². The first-order valence-corrected chi connectivity index (χ1v) is 8.02. The number of pyridine rings is 1. The van der Waals surface area contributed by atoms with Crippen LogP contribution in [-0.2, 0) is 19.0 Å². The van der Waals surface area contributed by atoms with Crippen LogP contribution in [0.25, 0.3) is 11.4 Å². The molecular weight excluding hydrogens is 337 g/mol. The summed E-state index contributed by atoms with van der Waals surface area (Å²) in [4.78, 5) is 4.04. The van der Waals surface area contributed by atoms with Gasteiger partial charge in [0.25, 0.3) is 0 Å². The fourth-order valence-corrected chi connectivity index (χ4v) is 3.03. The summed E-state index contributed by atoms with van der Waals surface area (Å²) < 4.78 is 40.0. The second-order valence-electron chi connectivity index (χ2n) is 5.09. The molecule has 3 rings (SSSR count). The molecule has 4 nitrogen and oxygen atoms in total. The number of rotatable bonds is 4. The number of alkyl halides is 3. The van der Waals surface area contributed by atoms with Crippen molar-refractivity contribution in [3.63, 3.8) is 0 Å². The molecule has 1 aromatic carbocycles. The molecule has 8 heteroatoms. The molecule has 0 aliphatic rings. The van der Waals surface area contributed by atoms with Crippen molar-refractivity contribution in [2.75, 3.05) is 0 Å². The number of nitrogens with zero attached hydrogens (tertiary/aromatic N) is 4. The van der Waals surface area contributed by atoms with Gasteiger partial charge < -0.3 is 4.57 Å². The summed E-state index contributed by atoms with van der Waals surface area (Å²) in [6.45, 7) is 0. The maximum absolute atomic E-state index is 12.7. The van der Waals surface area contributed by atoms with E-state index in [1.54, 1.807) is 29.1 Å². The third-order valence-electron chi connectivity index (χ3n) is 3.38. The van der Waals surface area contributed by atoms with Crippen molar-refractivity contribution in [1.82, 2.24) is 19.7 Å². The van der Waals surface area contributed by atoms with Crippen molar-refractivity contribution in [3.05, 3.63) is 59.9 Å². The highest BCUT2D eigenvalue weighted by atomic mass is 32.2. The summed E-state index contributed by atoms with van der Waals surface area (Å²) in [6, 6.07) is 8.98. The molecule has 0 amide bonds. The van der Waals surface area contributed by atoms with Crippen molar-refractivity contribution in [2.45, 2.75) is 17.1 Å². The van der Waals surface area contributed by atoms with Gasteiger partial charge >= 0.3 is 6.18 Å². The molecule has 0 aliphatic heterocycles. The van der Waals surface area contributed by atoms with Crippen molar-refractivity contribution in [3.8, 4) is 11.4 Å². The van der Waals surface area contributed by atoms with E-state index >= 15 is 0 Å². The van der Waals surface area contributed by atoms with E-state index in [4.69, 9.17) is 0 Å². The van der Waals surface area contributed by atoms with Gasteiger partial charge in [-0.2, -0.15) is 13.2 Å². The first-order valence-electron chi connectivity index (χ1n) is 7.04. The molecule has 2 aromatic heterocycles. The predicted molar refractivity (Wildman–Crippen MR) is 85.2 cm³/mol. The largest absolute Gasteiger partial charge is 0.416 e. The van der Waals surface area contributed by atoms with Crippen LogP contribution in [0.4, 0.5) is 13.2 Å². The second kappa shape index (κ2) is 6.64. The Hall–Kier alpha value is -2.35. The van der Waals surface area contributed by atoms with Crippen LogP contribution in [-0.4, -0.2) is 19.7 Å². The lowest BCUT2D eigenvalue weighted by Gasteiger charge is -2.08. The highest BCUT2D eigenvalue weighted by Gasteiger charge is 2.30. The lowest BCUT2D eigenvalue weighted by molar-refractivity contribution is -0.137. The molecule has 3 aromatic rings. The number of hydrogen-bond acceptors (Lipinski definition) is 4. The van der Waals surface area contributed by atoms with Crippen LogP contribution in [0.3, 0.4) is 0 Å². The molecule has 0 saturated heterocycles. The molecule has 124 valence electrons. The maximum Gasteiger partial charge on any atom is 0.416 e. The van der Waals surface area contributed by atoms with Crippen LogP contribution in [0, 0.1) is 0 Å². The van der Waals surface area contributed by atoms with Crippen LogP contribution in [0.15, 0.2) is 53.9 Å². The fourth-order valence-electron chi connectivity index (χ4n) is 2.17. The van der Waals surface area contributed by atoms with Gasteiger partial charge in [-0.05, 0) is 23.8 Å². The summed E-state index contributed by atoms with van der Waals surface area (Å²) in [7, 11) is 1.82. The Labute approximate surface area is 140 Å². The summed E-state index contributed by atoms with van der Waals surface area (Å²) in [5.74, 6) is 1.04. The minimum Gasteiger partial charge on any atom is -0.305 e. The van der Waals surface area contributed by atoms with Gasteiger partial charge in [-0.3, -0.25) is 4.98 Å². The summed E-state index contributed by atoms with van der Waals surface area (Å²) in [5.41, 5.74) is 0.772. The zero-order valence-corrected chi connectivity index (χ0v) is 13.5. The lowest BCUT2D eigenvalue weighted by atomic mass is 10.1. The molecule has 0 fully saturated rings. The minimum absolute atomic E-state index is 0.378. The Morgan fingerprint density at radius 2 is 1.96 bits per heavy atom. The van der Waals surface area contributed by atoms with E-state index in [1.165, 1.54) is 17.8 Å². The van der Waals surface area contributed by atoms with E-state index in [9.17, 15) is 13.2 Å². The molecule has 0 N–H and O–H groups in total. The Balaban J connectivity index is 1.75. The molecule has 0 saturated carbocycles. The third kappa shape index (κ3) is 3.59. The van der Waals surface area contributed by atoms with Crippen molar-refractivity contribution < 1.29 is 13.2 Å². The average molecular weight is 350 g/mol. The second-order valence-corrected chi connectivity index (χ2v) is 6.04. The van der Waals surface area contributed by atoms with Crippen LogP contribution < -0.4 is 0 Å². The van der Waals surface area contributed by atoms with Gasteiger partial charge in [0.05, 0.1) is 5.56 Å². The van der Waals surface area contributed by atoms with E-state index in [0.29, 0.717) is 22.3 Å².